The van der Waals surface area contributed by atoms with E-state index in [2.05, 4.69) is 5.16 Å². The van der Waals surface area contributed by atoms with E-state index < -0.39 is 28.1 Å². The van der Waals surface area contributed by atoms with Crippen molar-refractivity contribution in [2.75, 3.05) is 0 Å². The maximum absolute atomic E-state index is 12.9. The summed E-state index contributed by atoms with van der Waals surface area (Å²) in [7, 11) is 0. The average Bonchev–Trinajstić information content (AvgIpc) is 2.88. The number of hydrogen-bond donors (Lipinski definition) is 0. The van der Waals surface area contributed by atoms with Crippen LogP contribution in [0.3, 0.4) is 0 Å². The van der Waals surface area contributed by atoms with Gasteiger partial charge >= 0.3 is 11.9 Å². The van der Waals surface area contributed by atoms with E-state index in [4.69, 9.17) is 4.52 Å². The van der Waals surface area contributed by atoms with Crippen LogP contribution in [0, 0.1) is 22.5 Å². The smallest absolute Gasteiger partial charge is 0.353 e. The molecule has 1 aromatic rings. The predicted octanol–water partition coefficient (Wildman–Crippen LogP) is 3.34. The second-order valence-corrected chi connectivity index (χ2v) is 4.50. The third-order valence-corrected chi connectivity index (χ3v) is 3.63. The summed E-state index contributed by atoms with van der Waals surface area (Å²) in [4.78, 5) is 10.1. The molecular formula is C10H11F3N2O3. The first-order valence-corrected chi connectivity index (χ1v) is 5.42. The van der Waals surface area contributed by atoms with Gasteiger partial charge in [0.1, 0.15) is 0 Å². The van der Waals surface area contributed by atoms with E-state index >= 15 is 0 Å². The van der Waals surface area contributed by atoms with Crippen LogP contribution in [-0.4, -0.2) is 16.3 Å². The Hall–Kier alpha value is -1.60. The number of nitrogens with zero attached hydrogens (tertiary/aromatic N) is 2. The Morgan fingerprint density at radius 1 is 1.61 bits per heavy atom. The fourth-order valence-corrected chi connectivity index (χ4v) is 2.39. The SMILES string of the molecule is CC[C@]1(C(F)(F)F)C[C@@H]1c1onc(C)c1[N+](=O)[O-]. The highest BCUT2D eigenvalue weighted by molar-refractivity contribution is 5.44. The molecule has 1 saturated carbocycles. The topological polar surface area (TPSA) is 69.2 Å². The van der Waals surface area contributed by atoms with Crippen LogP contribution in [0.25, 0.3) is 0 Å². The number of halogens is 3. The molecule has 0 spiro atoms. The molecule has 0 bridgehead atoms. The molecule has 0 aliphatic heterocycles. The van der Waals surface area contributed by atoms with Gasteiger partial charge in [-0.25, -0.2) is 0 Å². The minimum atomic E-state index is -4.39. The lowest BCUT2D eigenvalue weighted by Gasteiger charge is -2.18. The van der Waals surface area contributed by atoms with E-state index in [9.17, 15) is 23.3 Å². The van der Waals surface area contributed by atoms with Gasteiger partial charge in [-0.1, -0.05) is 12.1 Å². The summed E-state index contributed by atoms with van der Waals surface area (Å²) in [6.45, 7) is 2.76. The fourth-order valence-electron chi connectivity index (χ4n) is 2.39. The molecule has 5 nitrogen and oxygen atoms in total. The van der Waals surface area contributed by atoms with Crippen LogP contribution in [-0.2, 0) is 0 Å². The van der Waals surface area contributed by atoms with E-state index in [1.807, 2.05) is 0 Å². The van der Waals surface area contributed by atoms with Crippen molar-refractivity contribution in [3.8, 4) is 0 Å². The Balaban J connectivity index is 2.40. The summed E-state index contributed by atoms with van der Waals surface area (Å²) in [5.74, 6) is -1.25. The van der Waals surface area contributed by atoms with Crippen LogP contribution in [0.5, 0.6) is 0 Å². The lowest BCUT2D eigenvalue weighted by Crippen LogP contribution is -2.25. The summed E-state index contributed by atoms with van der Waals surface area (Å²) in [5, 5.41) is 14.2. The Labute approximate surface area is 100 Å². The molecule has 0 amide bonds. The van der Waals surface area contributed by atoms with Gasteiger partial charge in [0.25, 0.3) is 0 Å². The summed E-state index contributed by atoms with van der Waals surface area (Å²) >= 11 is 0. The van der Waals surface area contributed by atoms with Crippen molar-refractivity contribution in [2.24, 2.45) is 5.41 Å². The number of aryl methyl sites for hydroxylation is 1. The van der Waals surface area contributed by atoms with Crippen molar-refractivity contribution in [1.29, 1.82) is 0 Å². The highest BCUT2D eigenvalue weighted by Gasteiger charge is 2.72. The molecule has 100 valence electrons. The average molecular weight is 264 g/mol. The first-order valence-electron chi connectivity index (χ1n) is 5.42. The summed E-state index contributed by atoms with van der Waals surface area (Å²) in [5.41, 5.74) is -2.32. The Morgan fingerprint density at radius 3 is 2.61 bits per heavy atom. The monoisotopic (exact) mass is 264 g/mol. The van der Waals surface area contributed by atoms with Gasteiger partial charge in [0, 0.05) is 5.92 Å². The second-order valence-electron chi connectivity index (χ2n) is 4.50. The van der Waals surface area contributed by atoms with Crippen molar-refractivity contribution in [2.45, 2.75) is 38.8 Å². The molecule has 1 aromatic heterocycles. The first-order chi connectivity index (χ1) is 8.24. The minimum Gasteiger partial charge on any atom is -0.353 e. The normalized spacial score (nSPS) is 27.3. The maximum atomic E-state index is 12.9. The van der Waals surface area contributed by atoms with E-state index in [-0.39, 0.29) is 24.3 Å². The molecule has 0 radical (unpaired) electrons. The Morgan fingerprint density at radius 2 is 2.22 bits per heavy atom. The zero-order chi connectivity index (χ0) is 13.7. The molecule has 0 unspecified atom stereocenters. The number of rotatable bonds is 3. The third-order valence-electron chi connectivity index (χ3n) is 3.63. The molecule has 2 atom stereocenters. The van der Waals surface area contributed by atoms with Gasteiger partial charge in [-0.3, -0.25) is 10.1 Å². The van der Waals surface area contributed by atoms with Gasteiger partial charge in [0.05, 0.1) is 10.3 Å². The lowest BCUT2D eigenvalue weighted by molar-refractivity contribution is -0.386. The van der Waals surface area contributed by atoms with Crippen molar-refractivity contribution in [3.63, 3.8) is 0 Å². The quantitative estimate of drug-likeness (QED) is 0.620. The van der Waals surface area contributed by atoms with Crippen LogP contribution in [0.2, 0.25) is 0 Å². The van der Waals surface area contributed by atoms with Crippen molar-refractivity contribution in [3.05, 3.63) is 21.6 Å². The highest BCUT2D eigenvalue weighted by Crippen LogP contribution is 2.70. The predicted molar refractivity (Wildman–Crippen MR) is 54.0 cm³/mol. The van der Waals surface area contributed by atoms with Gasteiger partial charge < -0.3 is 4.52 Å². The van der Waals surface area contributed by atoms with Crippen LogP contribution in [0.4, 0.5) is 18.9 Å². The van der Waals surface area contributed by atoms with Crippen molar-refractivity contribution in [1.82, 2.24) is 5.16 Å². The fraction of sp³-hybridized carbons (Fsp3) is 0.700. The molecule has 18 heavy (non-hydrogen) atoms. The third kappa shape index (κ3) is 1.58. The van der Waals surface area contributed by atoms with Gasteiger partial charge in [-0.2, -0.15) is 13.2 Å². The molecule has 1 heterocycles. The number of aromatic nitrogens is 1. The largest absolute Gasteiger partial charge is 0.395 e. The van der Waals surface area contributed by atoms with Gasteiger partial charge in [0.15, 0.2) is 5.69 Å². The molecule has 8 heteroatoms. The molecule has 2 rings (SSSR count). The zero-order valence-corrected chi connectivity index (χ0v) is 9.74. The van der Waals surface area contributed by atoms with E-state index in [0.717, 1.165) is 0 Å². The van der Waals surface area contributed by atoms with E-state index in [1.54, 1.807) is 0 Å². The van der Waals surface area contributed by atoms with Crippen molar-refractivity contribution >= 4 is 5.69 Å². The number of hydrogen-bond acceptors (Lipinski definition) is 4. The van der Waals surface area contributed by atoms with E-state index in [0.29, 0.717) is 0 Å². The number of nitro groups is 1. The van der Waals surface area contributed by atoms with Crippen LogP contribution < -0.4 is 0 Å². The Kier molecular flexibility index (Phi) is 2.64. The molecule has 0 N–H and O–H groups in total. The summed E-state index contributed by atoms with van der Waals surface area (Å²) in [6, 6.07) is 0. The van der Waals surface area contributed by atoms with Gasteiger partial charge in [-0.15, -0.1) is 0 Å². The maximum Gasteiger partial charge on any atom is 0.395 e. The van der Waals surface area contributed by atoms with Crippen LogP contribution in [0.15, 0.2) is 4.52 Å². The van der Waals surface area contributed by atoms with Crippen molar-refractivity contribution < 1.29 is 22.6 Å². The zero-order valence-electron chi connectivity index (χ0n) is 9.74. The minimum absolute atomic E-state index is 0.00841. The standard InChI is InChI=1S/C10H11F3N2O3/c1-3-9(10(11,12)13)4-6(9)8-7(15(16)17)5(2)14-18-8/h6H,3-4H2,1-2H3/t6-,9+/m1/s1. The highest BCUT2D eigenvalue weighted by atomic mass is 19.4. The molecule has 1 aliphatic carbocycles. The summed E-state index contributed by atoms with van der Waals surface area (Å²) < 4.78 is 43.6. The lowest BCUT2D eigenvalue weighted by atomic mass is 9.98. The molecule has 1 fully saturated rings. The van der Waals surface area contributed by atoms with E-state index in [1.165, 1.54) is 13.8 Å². The number of alkyl halides is 3. The van der Waals surface area contributed by atoms with Crippen LogP contribution >= 0.6 is 0 Å². The van der Waals surface area contributed by atoms with Gasteiger partial charge in [0.2, 0.25) is 5.76 Å². The van der Waals surface area contributed by atoms with Gasteiger partial charge in [-0.05, 0) is 19.8 Å². The second kappa shape index (κ2) is 3.69. The Bertz CT molecular complexity index is 497. The molecule has 0 saturated heterocycles. The van der Waals surface area contributed by atoms with Crippen LogP contribution in [0.1, 0.15) is 37.1 Å². The molecular weight excluding hydrogens is 253 g/mol. The molecule has 0 aromatic carbocycles. The first kappa shape index (κ1) is 12.8. The molecule has 1 aliphatic rings. The summed E-state index contributed by atoms with van der Waals surface area (Å²) in [6.07, 6.45) is -4.69.